The molecule has 2 heterocycles. The zero-order valence-electron chi connectivity index (χ0n) is 19.4. The molecule has 0 saturated carbocycles. The van der Waals surface area contributed by atoms with E-state index < -0.39 is 7.44 Å². The molecule has 1 aromatic heterocycles. The summed E-state index contributed by atoms with van der Waals surface area (Å²) >= 11 is 7.72. The van der Waals surface area contributed by atoms with Crippen LogP contribution in [0.25, 0.3) is 0 Å². The van der Waals surface area contributed by atoms with Gasteiger partial charge in [0.15, 0.2) is 0 Å². The second-order valence-electron chi connectivity index (χ2n) is 8.25. The second kappa shape index (κ2) is 10.5. The molecule has 34 heavy (non-hydrogen) atoms. The number of hydrogen-bond acceptors (Lipinski definition) is 5. The molecule has 0 spiro atoms. The van der Waals surface area contributed by atoms with Crippen molar-refractivity contribution < 1.29 is 14.1 Å². The van der Waals surface area contributed by atoms with Gasteiger partial charge in [0, 0.05) is 43.6 Å². The number of benzene rings is 2. The third kappa shape index (κ3) is 5.32. The van der Waals surface area contributed by atoms with Gasteiger partial charge in [-0.25, -0.2) is 4.67 Å². The summed E-state index contributed by atoms with van der Waals surface area (Å²) in [5.74, 6) is -0.237. The first-order valence-electron chi connectivity index (χ1n) is 10.9. The lowest BCUT2D eigenvalue weighted by Gasteiger charge is -2.36. The SMILES string of the molecule is Cc1ccc(N[P@@](=O)(c2ccc(N(C)C)cc2NC(=O)c2cccs2)N2CCOCC2)cc1Cl. The van der Waals surface area contributed by atoms with Crippen molar-refractivity contribution in [3.8, 4) is 0 Å². The Morgan fingerprint density at radius 1 is 1.15 bits per heavy atom. The Hall–Kier alpha value is -2.35. The summed E-state index contributed by atoms with van der Waals surface area (Å²) in [5, 5.41) is 9.27. The lowest BCUT2D eigenvalue weighted by molar-refractivity contribution is 0.0729. The Bertz CT molecular complexity index is 1210. The number of thiophene rings is 1. The van der Waals surface area contributed by atoms with Gasteiger partial charge in [0.25, 0.3) is 13.4 Å². The van der Waals surface area contributed by atoms with Crippen molar-refractivity contribution in [3.05, 3.63) is 69.4 Å². The Morgan fingerprint density at radius 2 is 1.91 bits per heavy atom. The van der Waals surface area contributed by atoms with Crippen LogP contribution in [0.5, 0.6) is 0 Å². The number of hydrogen-bond donors (Lipinski definition) is 2. The van der Waals surface area contributed by atoms with Gasteiger partial charge in [-0.1, -0.05) is 23.7 Å². The first-order chi connectivity index (χ1) is 16.3. The number of nitrogens with zero attached hydrogens (tertiary/aromatic N) is 2. The van der Waals surface area contributed by atoms with Crippen LogP contribution in [0.3, 0.4) is 0 Å². The fourth-order valence-corrected chi connectivity index (χ4v) is 7.02. The Balaban J connectivity index is 1.81. The average molecular weight is 519 g/mol. The van der Waals surface area contributed by atoms with E-state index in [0.29, 0.717) is 52.9 Å². The predicted octanol–water partition coefficient (Wildman–Crippen LogP) is 5.29. The highest BCUT2D eigenvalue weighted by molar-refractivity contribution is 7.71. The highest BCUT2D eigenvalue weighted by atomic mass is 35.5. The number of nitrogens with one attached hydrogen (secondary N) is 2. The van der Waals surface area contributed by atoms with Crippen molar-refractivity contribution in [2.45, 2.75) is 6.92 Å². The van der Waals surface area contributed by atoms with Gasteiger partial charge in [0.1, 0.15) is 0 Å². The van der Waals surface area contributed by atoms with Crippen LogP contribution in [0, 0.1) is 6.92 Å². The molecule has 180 valence electrons. The van der Waals surface area contributed by atoms with Crippen LogP contribution in [-0.2, 0) is 9.30 Å². The summed E-state index contributed by atoms with van der Waals surface area (Å²) in [5.41, 5.74) is 2.98. The second-order valence-corrected chi connectivity index (χ2v) is 12.0. The van der Waals surface area contributed by atoms with E-state index in [1.165, 1.54) is 11.3 Å². The minimum absolute atomic E-state index is 0.237. The number of aryl methyl sites for hydroxylation is 1. The number of anilines is 3. The number of rotatable bonds is 7. The van der Waals surface area contributed by atoms with E-state index in [-0.39, 0.29) is 5.91 Å². The molecular formula is C24H28ClN4O3PS. The topological polar surface area (TPSA) is 73.9 Å². The third-order valence-electron chi connectivity index (χ3n) is 5.65. The summed E-state index contributed by atoms with van der Waals surface area (Å²) in [6, 6.07) is 14.7. The van der Waals surface area contributed by atoms with E-state index in [2.05, 4.69) is 10.4 Å². The number of morpholine rings is 1. The van der Waals surface area contributed by atoms with Crippen molar-refractivity contribution in [2.24, 2.45) is 0 Å². The van der Waals surface area contributed by atoms with Crippen LogP contribution >= 0.6 is 30.4 Å². The average Bonchev–Trinajstić information content (AvgIpc) is 3.37. The van der Waals surface area contributed by atoms with Crippen LogP contribution in [0.4, 0.5) is 17.1 Å². The van der Waals surface area contributed by atoms with E-state index in [0.717, 1.165) is 11.3 Å². The highest BCUT2D eigenvalue weighted by Gasteiger charge is 2.37. The molecule has 1 fully saturated rings. The first kappa shape index (κ1) is 24.8. The molecule has 2 aromatic carbocycles. The molecule has 10 heteroatoms. The van der Waals surface area contributed by atoms with Crippen molar-refractivity contribution in [1.29, 1.82) is 0 Å². The molecule has 1 aliphatic heterocycles. The van der Waals surface area contributed by atoms with E-state index in [1.807, 2.05) is 72.4 Å². The monoisotopic (exact) mass is 518 g/mol. The number of halogens is 1. The molecule has 1 amide bonds. The normalized spacial score (nSPS) is 16.0. The van der Waals surface area contributed by atoms with Crippen LogP contribution < -0.4 is 20.6 Å². The summed E-state index contributed by atoms with van der Waals surface area (Å²) in [6.45, 7) is 3.88. The standard InChI is InChI=1S/C24H28ClN4O3PS/c1-17-6-7-18(15-20(17)25)27-33(31,29-10-12-32-13-11-29)22-9-8-19(28(2)3)16-21(22)26-24(30)23-5-4-14-34-23/h4-9,14-16H,10-13H2,1-3H3,(H,26,30)(H,27,31)/t33-/m0/s1. The van der Waals surface area contributed by atoms with Gasteiger partial charge in [-0.2, -0.15) is 0 Å². The van der Waals surface area contributed by atoms with Crippen LogP contribution in [-0.4, -0.2) is 51.0 Å². The minimum Gasteiger partial charge on any atom is -0.379 e. The van der Waals surface area contributed by atoms with E-state index in [4.69, 9.17) is 16.3 Å². The number of amides is 1. The Kier molecular flexibility index (Phi) is 7.65. The van der Waals surface area contributed by atoms with Crippen molar-refractivity contribution in [1.82, 2.24) is 4.67 Å². The van der Waals surface area contributed by atoms with E-state index >= 15 is 0 Å². The molecule has 0 bridgehead atoms. The Morgan fingerprint density at radius 3 is 2.56 bits per heavy atom. The fraction of sp³-hybridized carbons (Fsp3) is 0.292. The van der Waals surface area contributed by atoms with Gasteiger partial charge in [-0.3, -0.25) is 9.36 Å². The molecule has 2 N–H and O–H groups in total. The number of carbonyl (C=O) groups is 1. The molecule has 0 radical (unpaired) electrons. The molecule has 7 nitrogen and oxygen atoms in total. The fourth-order valence-electron chi connectivity index (χ4n) is 3.71. The lowest BCUT2D eigenvalue weighted by atomic mass is 10.2. The maximum atomic E-state index is 14.9. The third-order valence-corrected chi connectivity index (χ3v) is 9.73. The quantitative estimate of drug-likeness (QED) is 0.414. The van der Waals surface area contributed by atoms with Gasteiger partial charge < -0.3 is 20.0 Å². The molecular weight excluding hydrogens is 491 g/mol. The summed E-state index contributed by atoms with van der Waals surface area (Å²) in [6.07, 6.45) is 0. The molecule has 0 unspecified atom stereocenters. The Labute approximate surface area is 209 Å². The predicted molar refractivity (Wildman–Crippen MR) is 142 cm³/mol. The van der Waals surface area contributed by atoms with Crippen molar-refractivity contribution in [2.75, 3.05) is 55.7 Å². The van der Waals surface area contributed by atoms with Gasteiger partial charge in [0.2, 0.25) is 0 Å². The van der Waals surface area contributed by atoms with E-state index in [9.17, 15) is 9.36 Å². The zero-order chi connectivity index (χ0) is 24.3. The molecule has 0 aliphatic carbocycles. The van der Waals surface area contributed by atoms with Crippen LogP contribution in [0.15, 0.2) is 53.9 Å². The van der Waals surface area contributed by atoms with Crippen LogP contribution in [0.2, 0.25) is 5.02 Å². The molecule has 3 aromatic rings. The smallest absolute Gasteiger partial charge is 0.268 e. The summed E-state index contributed by atoms with van der Waals surface area (Å²) in [4.78, 5) is 15.5. The number of ether oxygens (including phenoxy) is 1. The summed E-state index contributed by atoms with van der Waals surface area (Å²) < 4.78 is 22.3. The maximum Gasteiger partial charge on any atom is 0.268 e. The van der Waals surface area contributed by atoms with Crippen molar-refractivity contribution in [3.63, 3.8) is 0 Å². The minimum atomic E-state index is -3.41. The maximum absolute atomic E-state index is 14.9. The highest BCUT2D eigenvalue weighted by Crippen LogP contribution is 2.51. The van der Waals surface area contributed by atoms with E-state index in [1.54, 1.807) is 12.1 Å². The molecule has 1 atom stereocenters. The van der Waals surface area contributed by atoms with Crippen LogP contribution in [0.1, 0.15) is 15.2 Å². The number of carbonyl (C=O) groups excluding carboxylic acids is 1. The zero-order valence-corrected chi connectivity index (χ0v) is 21.8. The summed E-state index contributed by atoms with van der Waals surface area (Å²) in [7, 11) is 0.439. The lowest BCUT2D eigenvalue weighted by Crippen LogP contribution is -2.39. The largest absolute Gasteiger partial charge is 0.379 e. The van der Waals surface area contributed by atoms with Gasteiger partial charge in [0.05, 0.1) is 29.1 Å². The van der Waals surface area contributed by atoms with Crippen molar-refractivity contribution >= 4 is 58.7 Å². The van der Waals surface area contributed by atoms with Gasteiger partial charge in [-0.15, -0.1) is 11.3 Å². The van der Waals surface area contributed by atoms with Gasteiger partial charge in [-0.05, 0) is 54.3 Å². The molecule has 1 saturated heterocycles. The molecule has 1 aliphatic rings. The van der Waals surface area contributed by atoms with Gasteiger partial charge >= 0.3 is 0 Å². The first-order valence-corrected chi connectivity index (χ1v) is 13.8. The molecule has 4 rings (SSSR count).